The standard InChI is InChI=1S/C5H6NO/c1-4-5(6)2-3-7-4/h2-3H,1,6H2. The van der Waals surface area contributed by atoms with E-state index in [2.05, 4.69) is 6.92 Å². The lowest BCUT2D eigenvalue weighted by Gasteiger charge is -1.79. The highest BCUT2D eigenvalue weighted by Crippen LogP contribution is 2.08. The number of furan rings is 1. The summed E-state index contributed by atoms with van der Waals surface area (Å²) in [7, 11) is 0. The molecule has 1 heterocycles. The molecule has 2 N–H and O–H groups in total. The van der Waals surface area contributed by atoms with Gasteiger partial charge < -0.3 is 10.2 Å². The van der Waals surface area contributed by atoms with Gasteiger partial charge in [-0.3, -0.25) is 0 Å². The molecule has 0 atom stereocenters. The minimum Gasteiger partial charge on any atom is -0.467 e. The highest BCUT2D eigenvalue weighted by molar-refractivity contribution is 5.41. The van der Waals surface area contributed by atoms with E-state index in [9.17, 15) is 0 Å². The first kappa shape index (κ1) is 4.24. The second kappa shape index (κ2) is 1.30. The fraction of sp³-hybridized carbons (Fsp3) is 0. The van der Waals surface area contributed by atoms with Crippen molar-refractivity contribution >= 4 is 5.69 Å². The summed E-state index contributed by atoms with van der Waals surface area (Å²) >= 11 is 0. The molecule has 1 radical (unpaired) electrons. The van der Waals surface area contributed by atoms with Crippen molar-refractivity contribution in [2.24, 2.45) is 0 Å². The van der Waals surface area contributed by atoms with Crippen LogP contribution in [0.3, 0.4) is 0 Å². The third-order valence-electron chi connectivity index (χ3n) is 0.780. The van der Waals surface area contributed by atoms with Crippen LogP contribution in [0.4, 0.5) is 5.69 Å². The minimum atomic E-state index is 0.542. The molecule has 2 nitrogen and oxygen atoms in total. The second-order valence-corrected chi connectivity index (χ2v) is 1.30. The first-order valence-electron chi connectivity index (χ1n) is 1.95. The molecule has 0 aliphatic heterocycles. The van der Waals surface area contributed by atoms with Gasteiger partial charge in [0.15, 0.2) is 0 Å². The maximum absolute atomic E-state index is 5.28. The van der Waals surface area contributed by atoms with Crippen molar-refractivity contribution in [3.63, 3.8) is 0 Å². The SMILES string of the molecule is [CH2]c1occc1N. The van der Waals surface area contributed by atoms with Crippen LogP contribution in [-0.4, -0.2) is 0 Å². The average Bonchev–Trinajstić information content (AvgIpc) is 1.91. The van der Waals surface area contributed by atoms with Gasteiger partial charge in [0.1, 0.15) is 5.76 Å². The van der Waals surface area contributed by atoms with Gasteiger partial charge in [0.2, 0.25) is 0 Å². The zero-order valence-electron chi connectivity index (χ0n) is 3.85. The smallest absolute Gasteiger partial charge is 0.127 e. The lowest BCUT2D eigenvalue weighted by atomic mass is 10.4. The summed E-state index contributed by atoms with van der Waals surface area (Å²) in [6.45, 7) is 3.49. The van der Waals surface area contributed by atoms with E-state index in [1.54, 1.807) is 6.07 Å². The van der Waals surface area contributed by atoms with Crippen LogP contribution in [0.2, 0.25) is 0 Å². The van der Waals surface area contributed by atoms with Gasteiger partial charge in [-0.2, -0.15) is 0 Å². The van der Waals surface area contributed by atoms with Gasteiger partial charge in [-0.05, 0) is 6.07 Å². The minimum absolute atomic E-state index is 0.542. The van der Waals surface area contributed by atoms with Crippen LogP contribution in [0.1, 0.15) is 5.76 Å². The lowest BCUT2D eigenvalue weighted by molar-refractivity contribution is 0.550. The molecule has 0 amide bonds. The molecule has 0 aliphatic carbocycles. The molecule has 0 unspecified atom stereocenters. The highest BCUT2D eigenvalue weighted by Gasteiger charge is 1.90. The Hall–Kier alpha value is -0.920. The predicted octanol–water partition coefficient (Wildman–Crippen LogP) is 1.04. The molecule has 0 aliphatic rings. The van der Waals surface area contributed by atoms with Crippen LogP contribution >= 0.6 is 0 Å². The van der Waals surface area contributed by atoms with E-state index in [1.165, 1.54) is 6.26 Å². The van der Waals surface area contributed by atoms with Crippen LogP contribution in [-0.2, 0) is 0 Å². The zero-order chi connectivity index (χ0) is 5.28. The molecular weight excluding hydrogens is 90.1 g/mol. The monoisotopic (exact) mass is 96.0 g/mol. The molecule has 1 rings (SSSR count). The number of nitrogen functional groups attached to an aromatic ring is 1. The average molecular weight is 96.1 g/mol. The molecule has 0 spiro atoms. The Bertz CT molecular complexity index is 140. The van der Waals surface area contributed by atoms with Gasteiger partial charge in [0, 0.05) is 6.92 Å². The number of hydrogen-bond donors (Lipinski definition) is 1. The van der Waals surface area contributed by atoms with E-state index in [4.69, 9.17) is 10.2 Å². The first-order valence-corrected chi connectivity index (χ1v) is 1.95. The van der Waals surface area contributed by atoms with E-state index < -0.39 is 0 Å². The highest BCUT2D eigenvalue weighted by atomic mass is 16.3. The van der Waals surface area contributed by atoms with E-state index in [0.717, 1.165) is 0 Å². The van der Waals surface area contributed by atoms with Gasteiger partial charge in [-0.25, -0.2) is 0 Å². The molecule has 0 saturated heterocycles. The Morgan fingerprint density at radius 2 is 2.43 bits per heavy atom. The molecule has 1 aromatic heterocycles. The van der Waals surface area contributed by atoms with Crippen molar-refractivity contribution < 1.29 is 4.42 Å². The zero-order valence-corrected chi connectivity index (χ0v) is 3.85. The molecule has 2 heteroatoms. The van der Waals surface area contributed by atoms with Crippen molar-refractivity contribution in [3.05, 3.63) is 25.0 Å². The molecule has 0 fully saturated rings. The summed E-state index contributed by atoms with van der Waals surface area (Å²) in [5, 5.41) is 0. The normalized spacial score (nSPS) is 9.29. The van der Waals surface area contributed by atoms with Crippen molar-refractivity contribution in [2.75, 3.05) is 5.73 Å². The molecule has 0 saturated carbocycles. The maximum Gasteiger partial charge on any atom is 0.127 e. The lowest BCUT2D eigenvalue weighted by Crippen LogP contribution is -1.80. The van der Waals surface area contributed by atoms with Gasteiger partial charge in [0.05, 0.1) is 12.0 Å². The van der Waals surface area contributed by atoms with Gasteiger partial charge in [-0.15, -0.1) is 0 Å². The van der Waals surface area contributed by atoms with E-state index in [0.29, 0.717) is 11.4 Å². The summed E-state index contributed by atoms with van der Waals surface area (Å²) in [6, 6.07) is 1.67. The molecule has 0 aromatic carbocycles. The van der Waals surface area contributed by atoms with Gasteiger partial charge in [-0.1, -0.05) is 0 Å². The summed E-state index contributed by atoms with van der Waals surface area (Å²) in [4.78, 5) is 0. The van der Waals surface area contributed by atoms with Crippen molar-refractivity contribution in [3.8, 4) is 0 Å². The fourth-order valence-corrected chi connectivity index (χ4v) is 0.350. The Morgan fingerprint density at radius 1 is 1.71 bits per heavy atom. The first-order chi connectivity index (χ1) is 3.30. The molecule has 0 bridgehead atoms. The summed E-state index contributed by atoms with van der Waals surface area (Å²) in [5.74, 6) is 0.542. The fourth-order valence-electron chi connectivity index (χ4n) is 0.350. The largest absolute Gasteiger partial charge is 0.467 e. The third-order valence-corrected chi connectivity index (χ3v) is 0.780. The van der Waals surface area contributed by atoms with Crippen LogP contribution in [0.5, 0.6) is 0 Å². The van der Waals surface area contributed by atoms with Crippen LogP contribution in [0, 0.1) is 6.92 Å². The van der Waals surface area contributed by atoms with Crippen molar-refractivity contribution in [1.29, 1.82) is 0 Å². The van der Waals surface area contributed by atoms with Gasteiger partial charge >= 0.3 is 0 Å². The maximum atomic E-state index is 5.28. The summed E-state index contributed by atoms with van der Waals surface area (Å²) in [5.41, 5.74) is 5.89. The number of nitrogens with two attached hydrogens (primary N) is 1. The van der Waals surface area contributed by atoms with Crippen LogP contribution in [0.15, 0.2) is 16.7 Å². The van der Waals surface area contributed by atoms with E-state index >= 15 is 0 Å². The van der Waals surface area contributed by atoms with Crippen LogP contribution in [0.25, 0.3) is 0 Å². The predicted molar refractivity (Wildman–Crippen MR) is 27.6 cm³/mol. The van der Waals surface area contributed by atoms with Gasteiger partial charge in [0.25, 0.3) is 0 Å². The Labute approximate surface area is 41.9 Å². The summed E-state index contributed by atoms with van der Waals surface area (Å²) in [6.07, 6.45) is 1.51. The number of rotatable bonds is 0. The van der Waals surface area contributed by atoms with Crippen LogP contribution < -0.4 is 5.73 Å². The Kier molecular flexibility index (Phi) is 0.785. The third kappa shape index (κ3) is 0.585. The Balaban J connectivity index is 3.12. The van der Waals surface area contributed by atoms with E-state index in [1.807, 2.05) is 0 Å². The van der Waals surface area contributed by atoms with Crippen molar-refractivity contribution in [1.82, 2.24) is 0 Å². The number of anilines is 1. The topological polar surface area (TPSA) is 39.2 Å². The quantitative estimate of drug-likeness (QED) is 0.524. The molecule has 37 valence electrons. The second-order valence-electron chi connectivity index (χ2n) is 1.30. The van der Waals surface area contributed by atoms with Crippen molar-refractivity contribution in [2.45, 2.75) is 0 Å². The molecule has 1 aromatic rings. The Morgan fingerprint density at radius 3 is 2.57 bits per heavy atom. The van der Waals surface area contributed by atoms with E-state index in [-0.39, 0.29) is 0 Å². The molecular formula is C5H6NO. The number of hydrogen-bond acceptors (Lipinski definition) is 2. The summed E-state index contributed by atoms with van der Waals surface area (Å²) < 4.78 is 4.73. The molecule has 7 heavy (non-hydrogen) atoms.